The van der Waals surface area contributed by atoms with E-state index in [1.165, 1.54) is 6.20 Å². The van der Waals surface area contributed by atoms with Gasteiger partial charge in [-0.15, -0.1) is 10.2 Å². The number of benzene rings is 1. The zero-order valence-corrected chi connectivity index (χ0v) is 19.1. The molecule has 3 fully saturated rings. The van der Waals surface area contributed by atoms with E-state index in [2.05, 4.69) is 25.4 Å². The molecule has 7 nitrogen and oxygen atoms in total. The highest BCUT2D eigenvalue weighted by atomic mass is 19.4. The minimum atomic E-state index is -4.24. The Labute approximate surface area is 200 Å². The fourth-order valence-corrected chi connectivity index (χ4v) is 6.25. The van der Waals surface area contributed by atoms with Crippen molar-refractivity contribution in [2.45, 2.75) is 63.2 Å². The third-order valence-corrected chi connectivity index (χ3v) is 7.88. The molecule has 0 spiro atoms. The third kappa shape index (κ3) is 4.23. The van der Waals surface area contributed by atoms with Gasteiger partial charge in [0.05, 0.1) is 23.9 Å². The van der Waals surface area contributed by atoms with Crippen LogP contribution in [0, 0.1) is 17.8 Å². The summed E-state index contributed by atoms with van der Waals surface area (Å²) < 4.78 is 42.9. The summed E-state index contributed by atoms with van der Waals surface area (Å²) in [7, 11) is 0. The molecule has 0 radical (unpaired) electrons. The van der Waals surface area contributed by atoms with Crippen LogP contribution >= 0.6 is 0 Å². The van der Waals surface area contributed by atoms with Gasteiger partial charge in [-0.2, -0.15) is 18.3 Å². The SMILES string of the molecule is Oc1cc(-c2cn[nH]c2)ccc1-c1ncc(N(C2CC2)[C@H]2C[C@@H]3CCC[C@@H](C3)[C@H]2C(F)(F)F)nn1. The number of nitrogens with one attached hydrogen (secondary N) is 1. The minimum absolute atomic E-state index is 0.00506. The molecule has 2 N–H and O–H groups in total. The molecule has 3 aromatic rings. The normalized spacial score (nSPS) is 26.5. The molecule has 2 aromatic heterocycles. The molecule has 10 heteroatoms. The Morgan fingerprint density at radius 1 is 1.00 bits per heavy atom. The van der Waals surface area contributed by atoms with Crippen molar-refractivity contribution in [1.29, 1.82) is 0 Å². The largest absolute Gasteiger partial charge is 0.507 e. The highest BCUT2D eigenvalue weighted by Gasteiger charge is 2.56. The van der Waals surface area contributed by atoms with Crippen molar-refractivity contribution in [1.82, 2.24) is 25.4 Å². The van der Waals surface area contributed by atoms with Gasteiger partial charge in [-0.25, -0.2) is 4.98 Å². The summed E-state index contributed by atoms with van der Waals surface area (Å²) in [5.41, 5.74) is 2.03. The van der Waals surface area contributed by atoms with Crippen molar-refractivity contribution in [3.05, 3.63) is 36.8 Å². The molecule has 0 amide bonds. The summed E-state index contributed by atoms with van der Waals surface area (Å²) in [6.45, 7) is 0. The van der Waals surface area contributed by atoms with E-state index in [-0.39, 0.29) is 23.5 Å². The summed E-state index contributed by atoms with van der Waals surface area (Å²) in [6, 6.07) is 4.55. The average Bonchev–Trinajstić information content (AvgIpc) is 3.50. The topological polar surface area (TPSA) is 90.8 Å². The number of aromatic hydroxyl groups is 1. The third-order valence-electron chi connectivity index (χ3n) is 7.88. The number of hydrogen-bond acceptors (Lipinski definition) is 6. The summed E-state index contributed by atoms with van der Waals surface area (Å²) in [5.74, 6) is -0.710. The number of aromatic nitrogens is 5. The molecule has 2 bridgehead atoms. The van der Waals surface area contributed by atoms with Crippen molar-refractivity contribution in [3.8, 4) is 28.3 Å². The van der Waals surface area contributed by atoms with Crippen LogP contribution in [-0.2, 0) is 0 Å². The quantitative estimate of drug-likeness (QED) is 0.507. The smallest absolute Gasteiger partial charge is 0.394 e. The van der Waals surface area contributed by atoms with E-state index in [4.69, 9.17) is 0 Å². The number of halogens is 3. The van der Waals surface area contributed by atoms with Gasteiger partial charge < -0.3 is 10.0 Å². The van der Waals surface area contributed by atoms with Gasteiger partial charge in [0.15, 0.2) is 11.6 Å². The van der Waals surface area contributed by atoms with Gasteiger partial charge in [-0.1, -0.05) is 18.9 Å². The van der Waals surface area contributed by atoms with Crippen LogP contribution in [0.15, 0.2) is 36.8 Å². The first-order chi connectivity index (χ1) is 16.9. The molecule has 35 heavy (non-hydrogen) atoms. The number of H-pyrrole nitrogens is 1. The molecule has 3 aliphatic carbocycles. The zero-order chi connectivity index (χ0) is 24.2. The van der Waals surface area contributed by atoms with Gasteiger partial charge >= 0.3 is 6.18 Å². The zero-order valence-electron chi connectivity index (χ0n) is 19.1. The van der Waals surface area contributed by atoms with Crippen molar-refractivity contribution in [3.63, 3.8) is 0 Å². The molecular weight excluding hydrogens is 457 g/mol. The predicted octanol–water partition coefficient (Wildman–Crippen LogP) is 5.36. The van der Waals surface area contributed by atoms with Crippen molar-refractivity contribution < 1.29 is 18.3 Å². The first-order valence-corrected chi connectivity index (χ1v) is 12.3. The highest BCUT2D eigenvalue weighted by molar-refractivity contribution is 5.72. The first kappa shape index (κ1) is 22.3. The van der Waals surface area contributed by atoms with Crippen LogP contribution in [0.2, 0.25) is 0 Å². The lowest BCUT2D eigenvalue weighted by Gasteiger charge is -2.49. The number of aromatic amines is 1. The Kier molecular flexibility index (Phi) is 5.41. The molecule has 0 unspecified atom stereocenters. The fourth-order valence-electron chi connectivity index (χ4n) is 6.25. The number of rotatable bonds is 5. The number of fused-ring (bicyclic) bond motifs is 2. The van der Waals surface area contributed by atoms with Crippen LogP contribution in [0.25, 0.3) is 22.5 Å². The van der Waals surface area contributed by atoms with E-state index in [1.807, 2.05) is 11.0 Å². The van der Waals surface area contributed by atoms with Crippen LogP contribution < -0.4 is 4.90 Å². The lowest BCUT2D eigenvalue weighted by atomic mass is 9.64. The summed E-state index contributed by atoms with van der Waals surface area (Å²) in [4.78, 5) is 6.28. The Bertz CT molecular complexity index is 1180. The standard InChI is InChI=1S/C25H27F3N6O/c26-25(27,28)23-16-3-1-2-14(8-16)9-20(23)34(18-5-6-18)22-13-29-24(33-32-22)19-7-4-15(10-21(19)35)17-11-30-31-12-17/h4,7,10-14,16,18,20,23,35H,1-3,5-6,8-9H2,(H,30,31)/t14-,16+,20+,23-/m1/s1. The molecule has 3 saturated carbocycles. The molecule has 0 saturated heterocycles. The van der Waals surface area contributed by atoms with E-state index < -0.39 is 18.1 Å². The highest BCUT2D eigenvalue weighted by Crippen LogP contribution is 2.52. The maximum absolute atomic E-state index is 14.3. The molecule has 0 aliphatic heterocycles. The predicted molar refractivity (Wildman–Crippen MR) is 123 cm³/mol. The number of nitrogens with zero attached hydrogens (tertiary/aromatic N) is 5. The van der Waals surface area contributed by atoms with Crippen molar-refractivity contribution in [2.75, 3.05) is 4.90 Å². The van der Waals surface area contributed by atoms with Crippen LogP contribution in [0.3, 0.4) is 0 Å². The molecule has 4 atom stereocenters. The average molecular weight is 485 g/mol. The summed E-state index contributed by atoms with van der Waals surface area (Å²) >= 11 is 0. The maximum atomic E-state index is 14.3. The molecular formula is C25H27F3N6O. The Balaban J connectivity index is 1.30. The molecule has 2 heterocycles. The monoisotopic (exact) mass is 484 g/mol. The van der Waals surface area contributed by atoms with Crippen LogP contribution in [-0.4, -0.2) is 48.7 Å². The van der Waals surface area contributed by atoms with E-state index in [1.54, 1.807) is 24.5 Å². The Morgan fingerprint density at radius 3 is 2.51 bits per heavy atom. The van der Waals surface area contributed by atoms with Crippen molar-refractivity contribution in [2.24, 2.45) is 17.8 Å². The summed E-state index contributed by atoms with van der Waals surface area (Å²) in [5, 5.41) is 25.8. The number of anilines is 1. The number of phenols is 1. The number of alkyl halides is 3. The Hall–Kier alpha value is -3.17. The van der Waals surface area contributed by atoms with Gasteiger partial charge in [-0.3, -0.25) is 5.10 Å². The summed E-state index contributed by atoms with van der Waals surface area (Å²) in [6.07, 6.45) is 6.12. The van der Waals surface area contributed by atoms with E-state index in [0.29, 0.717) is 36.6 Å². The van der Waals surface area contributed by atoms with Gasteiger partial charge in [0.2, 0.25) is 0 Å². The second-order valence-electron chi connectivity index (χ2n) is 10.2. The molecule has 1 aromatic carbocycles. The van der Waals surface area contributed by atoms with Gasteiger partial charge in [0.1, 0.15) is 5.75 Å². The second-order valence-corrected chi connectivity index (χ2v) is 10.2. The minimum Gasteiger partial charge on any atom is -0.507 e. The van der Waals surface area contributed by atoms with E-state index in [9.17, 15) is 18.3 Å². The van der Waals surface area contributed by atoms with Gasteiger partial charge in [-0.05, 0) is 61.6 Å². The maximum Gasteiger partial charge on any atom is 0.394 e. The molecule has 6 rings (SSSR count). The number of hydrogen-bond donors (Lipinski definition) is 2. The Morgan fingerprint density at radius 2 is 1.86 bits per heavy atom. The molecule has 3 aliphatic rings. The van der Waals surface area contributed by atoms with Gasteiger partial charge in [0.25, 0.3) is 0 Å². The van der Waals surface area contributed by atoms with E-state index >= 15 is 0 Å². The lowest BCUT2D eigenvalue weighted by Crippen LogP contribution is -2.55. The van der Waals surface area contributed by atoms with Crippen LogP contribution in [0.5, 0.6) is 5.75 Å². The van der Waals surface area contributed by atoms with Crippen LogP contribution in [0.4, 0.5) is 19.0 Å². The van der Waals surface area contributed by atoms with Crippen molar-refractivity contribution >= 4 is 5.82 Å². The van der Waals surface area contributed by atoms with E-state index in [0.717, 1.165) is 36.8 Å². The van der Waals surface area contributed by atoms with Gasteiger partial charge in [0, 0.05) is 23.8 Å². The second kappa shape index (κ2) is 8.49. The molecule has 184 valence electrons. The lowest BCUT2D eigenvalue weighted by molar-refractivity contribution is -0.208. The fraction of sp³-hybridized carbons (Fsp3) is 0.520. The number of phenolic OH excluding ortho intramolecular Hbond substituents is 1. The first-order valence-electron chi connectivity index (χ1n) is 12.3. The van der Waals surface area contributed by atoms with Crippen LogP contribution in [0.1, 0.15) is 44.9 Å².